The summed E-state index contributed by atoms with van der Waals surface area (Å²) in [6.45, 7) is 4.70. The maximum atomic E-state index is 12.4. The SMILES string of the molecule is Cc1nc(-c2c[nH]c(C(=O)N3CCC(C)(O)C3)c2)cs1. The van der Waals surface area contributed by atoms with Crippen molar-refractivity contribution in [3.05, 3.63) is 28.3 Å². The molecule has 0 spiro atoms. The molecule has 1 saturated heterocycles. The van der Waals surface area contributed by atoms with Gasteiger partial charge in [-0.2, -0.15) is 0 Å². The van der Waals surface area contributed by atoms with Gasteiger partial charge in [0.05, 0.1) is 16.3 Å². The first-order valence-corrected chi connectivity index (χ1v) is 7.45. The van der Waals surface area contributed by atoms with Crippen molar-refractivity contribution < 1.29 is 9.90 Å². The van der Waals surface area contributed by atoms with Crippen LogP contribution in [0.5, 0.6) is 0 Å². The molecule has 6 heteroatoms. The minimum Gasteiger partial charge on any atom is -0.388 e. The highest BCUT2D eigenvalue weighted by Gasteiger charge is 2.34. The van der Waals surface area contributed by atoms with Crippen LogP contribution in [-0.2, 0) is 0 Å². The van der Waals surface area contributed by atoms with Gasteiger partial charge in [0.15, 0.2) is 0 Å². The van der Waals surface area contributed by atoms with E-state index in [1.165, 1.54) is 0 Å². The number of aliphatic hydroxyl groups is 1. The van der Waals surface area contributed by atoms with E-state index < -0.39 is 5.60 Å². The third-order valence-electron chi connectivity index (χ3n) is 3.57. The molecular formula is C14H17N3O2S. The predicted molar refractivity (Wildman–Crippen MR) is 77.8 cm³/mol. The first-order valence-electron chi connectivity index (χ1n) is 6.57. The second kappa shape index (κ2) is 4.71. The number of rotatable bonds is 2. The molecule has 0 aromatic carbocycles. The number of nitrogens with one attached hydrogen (secondary N) is 1. The van der Waals surface area contributed by atoms with Crippen molar-refractivity contribution >= 4 is 17.2 Å². The molecule has 1 fully saturated rings. The third kappa shape index (κ3) is 2.48. The summed E-state index contributed by atoms with van der Waals surface area (Å²) in [5.41, 5.74) is 1.58. The monoisotopic (exact) mass is 291 g/mol. The van der Waals surface area contributed by atoms with Crippen LogP contribution in [0.2, 0.25) is 0 Å². The van der Waals surface area contributed by atoms with Crippen molar-refractivity contribution in [2.75, 3.05) is 13.1 Å². The van der Waals surface area contributed by atoms with Gasteiger partial charge in [0.1, 0.15) is 5.69 Å². The normalized spacial score (nSPS) is 22.4. The maximum Gasteiger partial charge on any atom is 0.270 e. The molecular weight excluding hydrogens is 274 g/mol. The first kappa shape index (κ1) is 13.3. The van der Waals surface area contributed by atoms with Gasteiger partial charge in [-0.25, -0.2) is 4.98 Å². The van der Waals surface area contributed by atoms with E-state index in [1.807, 2.05) is 18.4 Å². The van der Waals surface area contributed by atoms with E-state index in [9.17, 15) is 9.90 Å². The van der Waals surface area contributed by atoms with E-state index in [4.69, 9.17) is 0 Å². The standard InChI is InChI=1S/C14H17N3O2S/c1-9-16-12(7-20-9)10-5-11(15-6-10)13(18)17-4-3-14(2,19)8-17/h5-7,15,19H,3-4,8H2,1-2H3. The number of aromatic amines is 1. The molecule has 1 aliphatic heterocycles. The van der Waals surface area contributed by atoms with E-state index in [1.54, 1.807) is 29.4 Å². The highest BCUT2D eigenvalue weighted by Crippen LogP contribution is 2.25. The number of aryl methyl sites for hydroxylation is 1. The first-order chi connectivity index (χ1) is 9.44. The van der Waals surface area contributed by atoms with Crippen molar-refractivity contribution in [1.29, 1.82) is 0 Å². The summed E-state index contributed by atoms with van der Waals surface area (Å²) in [5.74, 6) is -0.0685. The number of carbonyl (C=O) groups is 1. The maximum absolute atomic E-state index is 12.4. The van der Waals surface area contributed by atoms with Crippen molar-refractivity contribution in [1.82, 2.24) is 14.9 Å². The van der Waals surface area contributed by atoms with Gasteiger partial charge in [-0.3, -0.25) is 4.79 Å². The molecule has 2 aromatic rings. The van der Waals surface area contributed by atoms with Crippen LogP contribution >= 0.6 is 11.3 Å². The number of nitrogens with zero attached hydrogens (tertiary/aromatic N) is 2. The van der Waals surface area contributed by atoms with Crippen molar-refractivity contribution in [2.24, 2.45) is 0 Å². The Hall–Kier alpha value is -1.66. The Morgan fingerprint density at radius 1 is 1.60 bits per heavy atom. The highest BCUT2D eigenvalue weighted by atomic mass is 32.1. The topological polar surface area (TPSA) is 69.2 Å². The Bertz CT molecular complexity index is 644. The quantitative estimate of drug-likeness (QED) is 0.889. The lowest BCUT2D eigenvalue weighted by Crippen LogP contribution is -2.34. The fourth-order valence-electron chi connectivity index (χ4n) is 2.45. The molecule has 0 radical (unpaired) electrons. The highest BCUT2D eigenvalue weighted by molar-refractivity contribution is 7.09. The number of aromatic nitrogens is 2. The van der Waals surface area contributed by atoms with Gasteiger partial charge in [0.25, 0.3) is 5.91 Å². The summed E-state index contributed by atoms with van der Waals surface area (Å²) >= 11 is 1.59. The van der Waals surface area contributed by atoms with Crippen LogP contribution in [0.3, 0.4) is 0 Å². The Morgan fingerprint density at radius 2 is 2.40 bits per heavy atom. The molecule has 5 nitrogen and oxygen atoms in total. The molecule has 1 aliphatic rings. The minimum absolute atomic E-state index is 0.0685. The second-order valence-electron chi connectivity index (χ2n) is 5.53. The van der Waals surface area contributed by atoms with Gasteiger partial charge < -0.3 is 15.0 Å². The van der Waals surface area contributed by atoms with E-state index in [0.717, 1.165) is 16.3 Å². The zero-order valence-electron chi connectivity index (χ0n) is 11.5. The van der Waals surface area contributed by atoms with Gasteiger partial charge in [-0.15, -0.1) is 11.3 Å². The number of thiazole rings is 1. The summed E-state index contributed by atoms with van der Waals surface area (Å²) in [6, 6.07) is 1.82. The average Bonchev–Trinajstić information content (AvgIpc) is 3.07. The largest absolute Gasteiger partial charge is 0.388 e. The van der Waals surface area contributed by atoms with E-state index in [2.05, 4.69) is 9.97 Å². The van der Waals surface area contributed by atoms with Crippen LogP contribution in [0.15, 0.2) is 17.6 Å². The Balaban J connectivity index is 1.79. The third-order valence-corrected chi connectivity index (χ3v) is 4.34. The van der Waals surface area contributed by atoms with Crippen LogP contribution in [0.25, 0.3) is 11.3 Å². The van der Waals surface area contributed by atoms with Crippen molar-refractivity contribution in [3.63, 3.8) is 0 Å². The molecule has 3 rings (SSSR count). The number of hydrogen-bond acceptors (Lipinski definition) is 4. The molecule has 3 heterocycles. The number of β-amino-alcohol motifs (C(OH)–C–C–N with tert-alkyl or cyclic N) is 1. The fraction of sp³-hybridized carbons (Fsp3) is 0.429. The molecule has 1 amide bonds. The van der Waals surface area contributed by atoms with Gasteiger partial charge in [0, 0.05) is 30.2 Å². The van der Waals surface area contributed by atoms with Crippen molar-refractivity contribution in [2.45, 2.75) is 25.9 Å². The summed E-state index contributed by atoms with van der Waals surface area (Å²) < 4.78 is 0. The second-order valence-corrected chi connectivity index (χ2v) is 6.59. The predicted octanol–water partition coefficient (Wildman–Crippen LogP) is 2.04. The Morgan fingerprint density at radius 3 is 3.00 bits per heavy atom. The minimum atomic E-state index is -0.767. The number of amides is 1. The van der Waals surface area contributed by atoms with Gasteiger partial charge >= 0.3 is 0 Å². The summed E-state index contributed by atoms with van der Waals surface area (Å²) in [4.78, 5) is 21.4. The molecule has 0 saturated carbocycles. The summed E-state index contributed by atoms with van der Waals surface area (Å²) in [6.07, 6.45) is 2.42. The molecule has 1 atom stereocenters. The summed E-state index contributed by atoms with van der Waals surface area (Å²) in [5, 5.41) is 12.9. The zero-order chi connectivity index (χ0) is 14.3. The summed E-state index contributed by atoms with van der Waals surface area (Å²) in [7, 11) is 0. The fourth-order valence-corrected chi connectivity index (χ4v) is 3.07. The van der Waals surface area contributed by atoms with Crippen molar-refractivity contribution in [3.8, 4) is 11.3 Å². The van der Waals surface area contributed by atoms with Gasteiger partial charge in [-0.05, 0) is 26.3 Å². The average molecular weight is 291 g/mol. The van der Waals surface area contributed by atoms with Crippen LogP contribution in [0.1, 0.15) is 28.8 Å². The smallest absolute Gasteiger partial charge is 0.270 e. The molecule has 20 heavy (non-hydrogen) atoms. The molecule has 106 valence electrons. The molecule has 2 N–H and O–H groups in total. The molecule has 0 aliphatic carbocycles. The lowest BCUT2D eigenvalue weighted by atomic mass is 10.1. The van der Waals surface area contributed by atoms with Crippen LogP contribution in [-0.4, -0.2) is 44.6 Å². The lowest BCUT2D eigenvalue weighted by molar-refractivity contribution is 0.0569. The Kier molecular flexibility index (Phi) is 3.14. The molecule has 2 aromatic heterocycles. The lowest BCUT2D eigenvalue weighted by Gasteiger charge is -2.18. The molecule has 0 bridgehead atoms. The zero-order valence-corrected chi connectivity index (χ0v) is 12.3. The number of likely N-dealkylation sites (tertiary alicyclic amines) is 1. The van der Waals surface area contributed by atoms with E-state index >= 15 is 0 Å². The van der Waals surface area contributed by atoms with E-state index in [-0.39, 0.29) is 5.91 Å². The molecule has 1 unspecified atom stereocenters. The Labute approximate surface area is 121 Å². The van der Waals surface area contributed by atoms with E-state index in [0.29, 0.717) is 25.2 Å². The van der Waals surface area contributed by atoms with Crippen LogP contribution < -0.4 is 0 Å². The van der Waals surface area contributed by atoms with Crippen LogP contribution in [0.4, 0.5) is 0 Å². The number of hydrogen-bond donors (Lipinski definition) is 2. The number of carbonyl (C=O) groups excluding carboxylic acids is 1. The van der Waals surface area contributed by atoms with Gasteiger partial charge in [-0.1, -0.05) is 0 Å². The number of H-pyrrole nitrogens is 1. The van der Waals surface area contributed by atoms with Crippen LogP contribution in [0, 0.1) is 6.92 Å². The van der Waals surface area contributed by atoms with Gasteiger partial charge in [0.2, 0.25) is 0 Å².